The first-order valence-corrected chi connectivity index (χ1v) is 10.1. The molecule has 27 heavy (non-hydrogen) atoms. The number of thioether (sulfide) groups is 1. The molecule has 1 saturated carbocycles. The summed E-state index contributed by atoms with van der Waals surface area (Å²) in [5, 5.41) is 0.0691. The fourth-order valence-electron chi connectivity index (χ4n) is 3.62. The van der Waals surface area contributed by atoms with Gasteiger partial charge in [-0.05, 0) is 37.0 Å². The van der Waals surface area contributed by atoms with Crippen molar-refractivity contribution in [1.29, 1.82) is 0 Å². The quantitative estimate of drug-likeness (QED) is 0.546. The first kappa shape index (κ1) is 19.8. The SMILES string of the molecule is [C-]#[N+]C/C=C1/CN(C(C(=O)C2CC2)c2ccccc2F)CCC1SC(C)=O. The maximum Gasteiger partial charge on any atom is 0.233 e. The Morgan fingerprint density at radius 1 is 1.37 bits per heavy atom. The van der Waals surface area contributed by atoms with Crippen molar-refractivity contribution in [2.45, 2.75) is 37.5 Å². The Hall–Kier alpha value is -1.97. The predicted molar refractivity (Wildman–Crippen MR) is 105 cm³/mol. The van der Waals surface area contributed by atoms with Crippen molar-refractivity contribution in [3.8, 4) is 0 Å². The first-order valence-electron chi connectivity index (χ1n) is 9.22. The van der Waals surface area contributed by atoms with Gasteiger partial charge in [-0.25, -0.2) is 11.0 Å². The summed E-state index contributed by atoms with van der Waals surface area (Å²) in [5.74, 6) is -0.250. The molecule has 2 atom stereocenters. The number of halogens is 1. The smallest absolute Gasteiger partial charge is 0.233 e. The second-order valence-electron chi connectivity index (χ2n) is 7.08. The van der Waals surface area contributed by atoms with Gasteiger partial charge >= 0.3 is 0 Å². The lowest BCUT2D eigenvalue weighted by atomic mass is 9.93. The number of likely N-dealkylation sites (tertiary alicyclic amines) is 1. The van der Waals surface area contributed by atoms with Crippen molar-refractivity contribution < 1.29 is 14.0 Å². The molecule has 0 spiro atoms. The van der Waals surface area contributed by atoms with Crippen molar-refractivity contribution in [1.82, 2.24) is 4.90 Å². The second-order valence-corrected chi connectivity index (χ2v) is 8.46. The van der Waals surface area contributed by atoms with E-state index < -0.39 is 6.04 Å². The van der Waals surface area contributed by atoms with Gasteiger partial charge < -0.3 is 4.85 Å². The molecular weight excluding hydrogens is 363 g/mol. The predicted octanol–water partition coefficient (Wildman–Crippen LogP) is 4.05. The van der Waals surface area contributed by atoms with Gasteiger partial charge in [0.25, 0.3) is 0 Å². The summed E-state index contributed by atoms with van der Waals surface area (Å²) >= 11 is 1.28. The molecule has 1 aliphatic heterocycles. The van der Waals surface area contributed by atoms with Gasteiger partial charge in [-0.3, -0.25) is 14.5 Å². The molecule has 6 heteroatoms. The third-order valence-electron chi connectivity index (χ3n) is 5.04. The van der Waals surface area contributed by atoms with Gasteiger partial charge in [0.2, 0.25) is 6.54 Å². The zero-order valence-corrected chi connectivity index (χ0v) is 16.2. The minimum absolute atomic E-state index is 0.0228. The Labute approximate surface area is 163 Å². The molecule has 0 amide bonds. The fraction of sp³-hybridized carbons (Fsp3) is 0.476. The van der Waals surface area contributed by atoms with Crippen LogP contribution in [-0.4, -0.2) is 40.7 Å². The van der Waals surface area contributed by atoms with Crippen molar-refractivity contribution in [3.05, 3.63) is 58.7 Å². The van der Waals surface area contributed by atoms with E-state index in [0.29, 0.717) is 25.1 Å². The lowest BCUT2D eigenvalue weighted by molar-refractivity contribution is -0.126. The number of carbonyl (C=O) groups excluding carboxylic acids is 2. The molecule has 2 unspecified atom stereocenters. The van der Waals surface area contributed by atoms with Crippen molar-refractivity contribution in [2.24, 2.45) is 5.92 Å². The monoisotopic (exact) mass is 386 g/mol. The van der Waals surface area contributed by atoms with E-state index in [1.807, 2.05) is 11.0 Å². The van der Waals surface area contributed by atoms with Gasteiger partial charge in [0.1, 0.15) is 5.82 Å². The number of carbonyl (C=O) groups is 2. The first-order chi connectivity index (χ1) is 13.0. The van der Waals surface area contributed by atoms with E-state index in [1.54, 1.807) is 25.1 Å². The standard InChI is InChI=1S/C21H23FN2O2S/c1-14(25)27-19-10-12-24(13-16(19)9-11-23-2)20(21(26)15-7-8-15)17-5-3-4-6-18(17)22/h3-6,9,15,19-20H,7-8,10-13H2,1H3/b16-9-. The minimum atomic E-state index is -0.599. The van der Waals surface area contributed by atoms with Crippen LogP contribution in [0, 0.1) is 18.3 Å². The van der Waals surface area contributed by atoms with Crippen LogP contribution in [0.2, 0.25) is 0 Å². The molecule has 1 aromatic rings. The van der Waals surface area contributed by atoms with Crippen LogP contribution in [0.3, 0.4) is 0 Å². The van der Waals surface area contributed by atoms with Crippen molar-refractivity contribution >= 4 is 22.7 Å². The fourth-order valence-corrected chi connectivity index (χ4v) is 4.56. The van der Waals surface area contributed by atoms with Crippen LogP contribution >= 0.6 is 11.8 Å². The molecule has 3 rings (SSSR count). The molecule has 0 radical (unpaired) electrons. The van der Waals surface area contributed by atoms with E-state index in [9.17, 15) is 14.0 Å². The normalized spacial score (nSPS) is 23.0. The summed E-state index contributed by atoms with van der Waals surface area (Å²) in [6, 6.07) is 5.89. The molecule has 2 aliphatic rings. The number of Topliss-reactive ketones (excluding diaryl/α,β-unsaturated/α-hetero) is 1. The lowest BCUT2D eigenvalue weighted by Crippen LogP contribution is -2.43. The molecule has 1 saturated heterocycles. The molecule has 1 heterocycles. The summed E-state index contributed by atoms with van der Waals surface area (Å²) in [4.78, 5) is 30.0. The van der Waals surface area contributed by atoms with Gasteiger partial charge in [0, 0.05) is 36.7 Å². The molecular formula is C21H23FN2O2S. The number of ketones is 1. The average Bonchev–Trinajstić information content (AvgIpc) is 3.48. The molecule has 1 aromatic carbocycles. The largest absolute Gasteiger partial charge is 0.312 e. The van der Waals surface area contributed by atoms with Crippen molar-refractivity contribution in [3.63, 3.8) is 0 Å². The van der Waals surface area contributed by atoms with E-state index in [-0.39, 0.29) is 34.4 Å². The number of hydrogen-bond donors (Lipinski definition) is 0. The number of piperidine rings is 1. The Bertz CT molecular complexity index is 798. The van der Waals surface area contributed by atoms with E-state index in [0.717, 1.165) is 18.4 Å². The van der Waals surface area contributed by atoms with Crippen molar-refractivity contribution in [2.75, 3.05) is 19.6 Å². The summed E-state index contributed by atoms with van der Waals surface area (Å²) < 4.78 is 14.5. The molecule has 4 nitrogen and oxygen atoms in total. The van der Waals surface area contributed by atoms with Gasteiger partial charge in [0.15, 0.2) is 10.9 Å². The third-order valence-corrected chi connectivity index (χ3v) is 6.20. The Morgan fingerprint density at radius 2 is 2.11 bits per heavy atom. The van der Waals surface area contributed by atoms with Crippen LogP contribution in [0.1, 0.15) is 37.8 Å². The zero-order chi connectivity index (χ0) is 19.4. The van der Waals surface area contributed by atoms with E-state index in [1.165, 1.54) is 17.8 Å². The molecule has 0 bridgehead atoms. The van der Waals surface area contributed by atoms with Crippen LogP contribution in [0.5, 0.6) is 0 Å². The average molecular weight is 386 g/mol. The lowest BCUT2D eigenvalue weighted by Gasteiger charge is -2.38. The molecule has 1 aliphatic carbocycles. The van der Waals surface area contributed by atoms with Crippen LogP contribution in [0.15, 0.2) is 35.9 Å². The number of hydrogen-bond acceptors (Lipinski definition) is 4. The zero-order valence-electron chi connectivity index (χ0n) is 15.4. The summed E-state index contributed by atoms with van der Waals surface area (Å²) in [6.45, 7) is 9.95. The van der Waals surface area contributed by atoms with Crippen LogP contribution in [0.4, 0.5) is 4.39 Å². The highest BCUT2D eigenvalue weighted by molar-refractivity contribution is 8.14. The Morgan fingerprint density at radius 3 is 2.74 bits per heavy atom. The molecule has 142 valence electrons. The van der Waals surface area contributed by atoms with E-state index >= 15 is 0 Å². The Balaban J connectivity index is 1.89. The number of rotatable bonds is 6. The Kier molecular flexibility index (Phi) is 6.46. The number of benzene rings is 1. The second kappa shape index (κ2) is 8.81. The van der Waals surface area contributed by atoms with Gasteiger partial charge in [0.05, 0.1) is 6.04 Å². The van der Waals surface area contributed by atoms with Gasteiger partial charge in [-0.1, -0.05) is 30.0 Å². The van der Waals surface area contributed by atoms with Crippen LogP contribution < -0.4 is 0 Å². The van der Waals surface area contributed by atoms with E-state index in [2.05, 4.69) is 4.85 Å². The van der Waals surface area contributed by atoms with Gasteiger partial charge in [-0.15, -0.1) is 0 Å². The minimum Gasteiger partial charge on any atom is -0.312 e. The molecule has 0 aromatic heterocycles. The molecule has 0 N–H and O–H groups in total. The summed E-state index contributed by atoms with van der Waals surface area (Å²) in [6.07, 6.45) is 4.32. The summed E-state index contributed by atoms with van der Waals surface area (Å²) in [5.41, 5.74) is 1.42. The van der Waals surface area contributed by atoms with E-state index in [4.69, 9.17) is 6.57 Å². The highest BCUT2D eigenvalue weighted by Gasteiger charge is 2.41. The van der Waals surface area contributed by atoms with Gasteiger partial charge in [-0.2, -0.15) is 0 Å². The van der Waals surface area contributed by atoms with Crippen LogP contribution in [0.25, 0.3) is 4.85 Å². The maximum atomic E-state index is 14.5. The maximum absolute atomic E-state index is 14.5. The highest BCUT2D eigenvalue weighted by atomic mass is 32.2. The topological polar surface area (TPSA) is 41.7 Å². The molecule has 2 fully saturated rings. The van der Waals surface area contributed by atoms with Crippen LogP contribution in [-0.2, 0) is 9.59 Å². The summed E-state index contributed by atoms with van der Waals surface area (Å²) in [7, 11) is 0. The third kappa shape index (κ3) is 4.85. The number of nitrogens with zero attached hydrogens (tertiary/aromatic N) is 2. The highest BCUT2D eigenvalue weighted by Crippen LogP contribution is 2.40.